The number of rotatable bonds is 6. The Morgan fingerprint density at radius 2 is 2.35 bits per heavy atom. The summed E-state index contributed by atoms with van der Waals surface area (Å²) in [6.07, 6.45) is 4.33. The van der Waals surface area contributed by atoms with Crippen LogP contribution in [0.25, 0.3) is 0 Å². The maximum absolute atomic E-state index is 11.8. The molecule has 0 bridgehead atoms. The first-order valence-corrected chi connectivity index (χ1v) is 7.54. The van der Waals surface area contributed by atoms with E-state index in [1.54, 1.807) is 11.8 Å². The van der Waals surface area contributed by atoms with Crippen molar-refractivity contribution in [3.05, 3.63) is 0 Å². The van der Waals surface area contributed by atoms with Crippen LogP contribution in [-0.4, -0.2) is 59.2 Å². The number of carbonyl (C=O) groups is 1. The number of nitrogens with zero attached hydrogens (tertiary/aromatic N) is 1. The first-order valence-electron chi connectivity index (χ1n) is 6.25. The van der Waals surface area contributed by atoms with Gasteiger partial charge < -0.3 is 10.4 Å². The fourth-order valence-electron chi connectivity index (χ4n) is 2.24. The van der Waals surface area contributed by atoms with Crippen LogP contribution in [0.2, 0.25) is 0 Å². The molecule has 2 N–H and O–H groups in total. The van der Waals surface area contributed by atoms with Gasteiger partial charge in [-0.25, -0.2) is 0 Å². The Hall–Kier alpha value is -0.260. The number of hydrogen-bond donors (Lipinski definition) is 2. The topological polar surface area (TPSA) is 52.6 Å². The van der Waals surface area contributed by atoms with E-state index in [4.69, 9.17) is 5.11 Å². The number of likely N-dealkylation sites (tertiary alicyclic amines) is 1. The van der Waals surface area contributed by atoms with Crippen LogP contribution in [0, 0.1) is 0 Å². The highest BCUT2D eigenvalue weighted by Gasteiger charge is 2.24. The van der Waals surface area contributed by atoms with E-state index in [1.807, 2.05) is 13.2 Å². The lowest BCUT2D eigenvalue weighted by Crippen LogP contribution is -2.46. The molecule has 4 nitrogen and oxygen atoms in total. The summed E-state index contributed by atoms with van der Waals surface area (Å²) in [5.41, 5.74) is 0. The Balaban J connectivity index is 2.33. The molecule has 0 aromatic rings. The molecule has 3 atom stereocenters. The highest BCUT2D eigenvalue weighted by atomic mass is 32.2. The lowest BCUT2D eigenvalue weighted by Gasteiger charge is -2.24. The smallest absolute Gasteiger partial charge is 0.234 e. The fourth-order valence-corrected chi connectivity index (χ4v) is 2.87. The number of hydrogen-bond acceptors (Lipinski definition) is 4. The second-order valence-corrected chi connectivity index (χ2v) is 5.85. The van der Waals surface area contributed by atoms with Gasteiger partial charge in [0.25, 0.3) is 0 Å². The van der Waals surface area contributed by atoms with E-state index in [9.17, 15) is 4.79 Å². The van der Waals surface area contributed by atoms with E-state index in [0.717, 1.165) is 6.54 Å². The van der Waals surface area contributed by atoms with Gasteiger partial charge in [0.05, 0.1) is 13.2 Å². The molecule has 1 saturated heterocycles. The SMILES string of the molecule is CS[C@H](CO)[C@@H](C)NC(=O)CN1CCC[C@@H]1C. The number of aliphatic hydroxyl groups is 1. The molecule has 17 heavy (non-hydrogen) atoms. The quantitative estimate of drug-likeness (QED) is 0.738. The van der Waals surface area contributed by atoms with Crippen LogP contribution in [0.4, 0.5) is 0 Å². The minimum absolute atomic E-state index is 0.0143. The summed E-state index contributed by atoms with van der Waals surface area (Å²) < 4.78 is 0. The molecule has 1 rings (SSSR count). The zero-order chi connectivity index (χ0) is 12.8. The number of aliphatic hydroxyl groups excluding tert-OH is 1. The minimum Gasteiger partial charge on any atom is -0.395 e. The molecular weight excluding hydrogens is 236 g/mol. The largest absolute Gasteiger partial charge is 0.395 e. The summed E-state index contributed by atoms with van der Waals surface area (Å²) in [6, 6.07) is 0.533. The van der Waals surface area contributed by atoms with Gasteiger partial charge in [-0.05, 0) is 39.5 Å². The number of carbonyl (C=O) groups excluding carboxylic acids is 1. The summed E-state index contributed by atoms with van der Waals surface area (Å²) in [5, 5.41) is 12.2. The lowest BCUT2D eigenvalue weighted by atomic mass is 10.2. The van der Waals surface area contributed by atoms with Crippen molar-refractivity contribution in [2.24, 2.45) is 0 Å². The first-order chi connectivity index (χ1) is 8.08. The van der Waals surface area contributed by atoms with Crippen molar-refractivity contribution in [3.63, 3.8) is 0 Å². The van der Waals surface area contributed by atoms with E-state index < -0.39 is 0 Å². The molecule has 1 amide bonds. The second kappa shape index (κ2) is 7.24. The van der Waals surface area contributed by atoms with Crippen LogP contribution in [0.1, 0.15) is 26.7 Å². The normalized spacial score (nSPS) is 24.6. The van der Waals surface area contributed by atoms with Crippen LogP contribution < -0.4 is 5.32 Å². The van der Waals surface area contributed by atoms with Crippen LogP contribution >= 0.6 is 11.8 Å². The molecule has 1 heterocycles. The number of nitrogens with one attached hydrogen (secondary N) is 1. The molecule has 1 aliphatic heterocycles. The number of amides is 1. The van der Waals surface area contributed by atoms with Gasteiger partial charge in [-0.3, -0.25) is 9.69 Å². The van der Waals surface area contributed by atoms with Gasteiger partial charge in [-0.2, -0.15) is 11.8 Å². The second-order valence-electron chi connectivity index (χ2n) is 4.77. The molecular formula is C12H24N2O2S. The zero-order valence-electron chi connectivity index (χ0n) is 11.0. The molecule has 5 heteroatoms. The summed E-state index contributed by atoms with van der Waals surface area (Å²) in [7, 11) is 0. The van der Waals surface area contributed by atoms with Gasteiger partial charge in [0, 0.05) is 17.3 Å². The van der Waals surface area contributed by atoms with Crippen molar-refractivity contribution in [2.75, 3.05) is 26.0 Å². The summed E-state index contributed by atoms with van der Waals surface area (Å²) in [4.78, 5) is 14.1. The van der Waals surface area contributed by atoms with E-state index in [-0.39, 0.29) is 23.8 Å². The van der Waals surface area contributed by atoms with Crippen molar-refractivity contribution >= 4 is 17.7 Å². The van der Waals surface area contributed by atoms with Gasteiger partial charge in [0.2, 0.25) is 5.91 Å². The Morgan fingerprint density at radius 3 is 2.82 bits per heavy atom. The Bertz CT molecular complexity index is 247. The van der Waals surface area contributed by atoms with E-state index >= 15 is 0 Å². The maximum atomic E-state index is 11.8. The van der Waals surface area contributed by atoms with Crippen LogP contribution in [0.15, 0.2) is 0 Å². The fraction of sp³-hybridized carbons (Fsp3) is 0.917. The first kappa shape index (κ1) is 14.8. The molecule has 1 aliphatic rings. The van der Waals surface area contributed by atoms with Crippen molar-refractivity contribution in [2.45, 2.75) is 44.0 Å². The standard InChI is InChI=1S/C12H24N2O2S/c1-9-5-4-6-14(9)7-12(16)13-10(2)11(8-15)17-3/h9-11,15H,4-8H2,1-3H3,(H,13,16)/t9-,10+,11+/m0/s1. The number of thioether (sulfide) groups is 1. The predicted molar refractivity (Wildman–Crippen MR) is 72.3 cm³/mol. The summed E-state index contributed by atoms with van der Waals surface area (Å²) in [5.74, 6) is 0.0683. The third-order valence-corrected chi connectivity index (χ3v) is 4.63. The van der Waals surface area contributed by atoms with Crippen molar-refractivity contribution in [3.8, 4) is 0 Å². The van der Waals surface area contributed by atoms with E-state index in [1.165, 1.54) is 12.8 Å². The van der Waals surface area contributed by atoms with Gasteiger partial charge >= 0.3 is 0 Å². The average Bonchev–Trinajstić information content (AvgIpc) is 2.66. The molecule has 0 radical (unpaired) electrons. The molecule has 0 unspecified atom stereocenters. The highest BCUT2D eigenvalue weighted by Crippen LogP contribution is 2.15. The molecule has 100 valence electrons. The summed E-state index contributed by atoms with van der Waals surface area (Å²) in [6.45, 7) is 5.72. The van der Waals surface area contributed by atoms with Crippen molar-refractivity contribution in [1.82, 2.24) is 10.2 Å². The molecule has 0 aromatic heterocycles. The molecule has 0 spiro atoms. The van der Waals surface area contributed by atoms with E-state index in [2.05, 4.69) is 17.1 Å². The summed E-state index contributed by atoms with van der Waals surface area (Å²) >= 11 is 1.58. The van der Waals surface area contributed by atoms with Gasteiger partial charge in [0.1, 0.15) is 0 Å². The zero-order valence-corrected chi connectivity index (χ0v) is 11.8. The van der Waals surface area contributed by atoms with E-state index in [0.29, 0.717) is 12.6 Å². The molecule has 1 fully saturated rings. The maximum Gasteiger partial charge on any atom is 0.234 e. The van der Waals surface area contributed by atoms with Crippen LogP contribution in [-0.2, 0) is 4.79 Å². The van der Waals surface area contributed by atoms with Crippen LogP contribution in [0.3, 0.4) is 0 Å². The third kappa shape index (κ3) is 4.48. The Kier molecular flexibility index (Phi) is 6.30. The molecule has 0 aliphatic carbocycles. The molecule has 0 aromatic carbocycles. The van der Waals surface area contributed by atoms with Gasteiger partial charge in [-0.1, -0.05) is 0 Å². The van der Waals surface area contributed by atoms with Crippen LogP contribution in [0.5, 0.6) is 0 Å². The lowest BCUT2D eigenvalue weighted by molar-refractivity contribution is -0.123. The predicted octanol–water partition coefficient (Wildman–Crippen LogP) is 0.699. The Morgan fingerprint density at radius 1 is 1.65 bits per heavy atom. The average molecular weight is 260 g/mol. The molecule has 0 saturated carbocycles. The Labute approximate surface area is 108 Å². The van der Waals surface area contributed by atoms with Gasteiger partial charge in [-0.15, -0.1) is 0 Å². The van der Waals surface area contributed by atoms with Crippen molar-refractivity contribution in [1.29, 1.82) is 0 Å². The minimum atomic E-state index is 0.0143. The highest BCUT2D eigenvalue weighted by molar-refractivity contribution is 7.99. The third-order valence-electron chi connectivity index (χ3n) is 3.47. The monoisotopic (exact) mass is 260 g/mol. The van der Waals surface area contributed by atoms with Crippen molar-refractivity contribution < 1.29 is 9.90 Å². The van der Waals surface area contributed by atoms with Gasteiger partial charge in [0.15, 0.2) is 0 Å².